The molecule has 0 spiro atoms. The molecule has 1 aromatic heterocycles. The number of aliphatic carboxylic acids is 1. The summed E-state index contributed by atoms with van der Waals surface area (Å²) in [5, 5.41) is 9.19. The van der Waals surface area contributed by atoms with Gasteiger partial charge in [0.1, 0.15) is 5.01 Å². The molecule has 3 N–H and O–H groups in total. The lowest BCUT2D eigenvalue weighted by Crippen LogP contribution is -2.14. The van der Waals surface area contributed by atoms with E-state index < -0.39 is 12.0 Å². The van der Waals surface area contributed by atoms with Crippen molar-refractivity contribution >= 4 is 29.1 Å². The Labute approximate surface area is 84.2 Å². The molecule has 0 aliphatic carbocycles. The van der Waals surface area contributed by atoms with Gasteiger partial charge in [-0.3, -0.25) is 4.79 Å². The fraction of sp³-hybridized carbons (Fsp3) is 0.429. The lowest BCUT2D eigenvalue weighted by atomic mass is 10.2. The number of thioether (sulfide) groups is 1. The third-order valence-corrected chi connectivity index (χ3v) is 3.60. The highest BCUT2D eigenvalue weighted by atomic mass is 32.2. The van der Waals surface area contributed by atoms with Crippen molar-refractivity contribution < 1.29 is 9.90 Å². The van der Waals surface area contributed by atoms with Crippen molar-refractivity contribution in [3.8, 4) is 0 Å². The zero-order chi connectivity index (χ0) is 9.84. The second-order valence-corrected chi connectivity index (χ2v) is 4.59. The maximum absolute atomic E-state index is 10.4. The third kappa shape index (κ3) is 2.98. The van der Waals surface area contributed by atoms with Gasteiger partial charge in [-0.25, -0.2) is 4.98 Å². The van der Waals surface area contributed by atoms with Crippen LogP contribution >= 0.6 is 23.1 Å². The SMILES string of the molecule is CSc1cnc(C(N)CC(=O)O)s1. The molecule has 0 fully saturated rings. The predicted octanol–water partition coefficient (Wildman–Crippen LogP) is 1.34. The highest BCUT2D eigenvalue weighted by molar-refractivity contribution is 8.00. The second kappa shape index (κ2) is 4.59. The first kappa shape index (κ1) is 10.5. The Morgan fingerprint density at radius 3 is 3.08 bits per heavy atom. The molecule has 1 unspecified atom stereocenters. The number of carboxylic acid groups (broad SMARTS) is 1. The standard InChI is InChI=1S/C7H10N2O2S2/c1-12-6-3-9-7(13-6)4(8)2-5(10)11/h3-4H,2,8H2,1H3,(H,10,11). The van der Waals surface area contributed by atoms with Crippen molar-refractivity contribution in [1.82, 2.24) is 4.98 Å². The lowest BCUT2D eigenvalue weighted by molar-refractivity contribution is -0.137. The molecule has 13 heavy (non-hydrogen) atoms. The summed E-state index contributed by atoms with van der Waals surface area (Å²) < 4.78 is 1.05. The Kier molecular flexibility index (Phi) is 3.71. The summed E-state index contributed by atoms with van der Waals surface area (Å²) in [7, 11) is 0. The second-order valence-electron chi connectivity index (χ2n) is 2.43. The van der Waals surface area contributed by atoms with Gasteiger partial charge >= 0.3 is 5.97 Å². The Balaban J connectivity index is 2.65. The third-order valence-electron chi connectivity index (χ3n) is 1.42. The van der Waals surface area contributed by atoms with Crippen LogP contribution in [0.25, 0.3) is 0 Å². The quantitative estimate of drug-likeness (QED) is 0.746. The van der Waals surface area contributed by atoms with E-state index in [4.69, 9.17) is 10.8 Å². The average Bonchev–Trinajstić information content (AvgIpc) is 2.50. The van der Waals surface area contributed by atoms with Crippen LogP contribution in [0, 0.1) is 0 Å². The smallest absolute Gasteiger partial charge is 0.305 e. The van der Waals surface area contributed by atoms with E-state index in [2.05, 4.69) is 4.98 Å². The summed E-state index contributed by atoms with van der Waals surface area (Å²) in [5.74, 6) is -0.895. The van der Waals surface area contributed by atoms with Gasteiger partial charge in [-0.15, -0.1) is 23.1 Å². The molecule has 72 valence electrons. The number of thiazole rings is 1. The van der Waals surface area contributed by atoms with Crippen LogP contribution in [-0.2, 0) is 4.79 Å². The largest absolute Gasteiger partial charge is 0.481 e. The Bertz CT molecular complexity index is 300. The van der Waals surface area contributed by atoms with Crippen LogP contribution in [0.2, 0.25) is 0 Å². The molecule has 1 aromatic rings. The van der Waals surface area contributed by atoms with E-state index in [1.54, 1.807) is 18.0 Å². The van der Waals surface area contributed by atoms with E-state index in [9.17, 15) is 4.79 Å². The average molecular weight is 218 g/mol. The van der Waals surface area contributed by atoms with Gasteiger partial charge < -0.3 is 10.8 Å². The summed E-state index contributed by atoms with van der Waals surface area (Å²) in [6, 6.07) is -0.483. The van der Waals surface area contributed by atoms with E-state index in [1.165, 1.54) is 11.3 Å². The van der Waals surface area contributed by atoms with Crippen molar-refractivity contribution in [1.29, 1.82) is 0 Å². The highest BCUT2D eigenvalue weighted by Crippen LogP contribution is 2.26. The molecule has 0 aliphatic rings. The minimum Gasteiger partial charge on any atom is -0.481 e. The molecular formula is C7H10N2O2S2. The number of carboxylic acids is 1. The monoisotopic (exact) mass is 218 g/mol. The van der Waals surface area contributed by atoms with Gasteiger partial charge in [0, 0.05) is 0 Å². The van der Waals surface area contributed by atoms with Gasteiger partial charge in [-0.1, -0.05) is 0 Å². The Morgan fingerprint density at radius 2 is 2.62 bits per heavy atom. The summed E-state index contributed by atoms with van der Waals surface area (Å²) in [6.07, 6.45) is 3.59. The normalized spacial score (nSPS) is 12.8. The van der Waals surface area contributed by atoms with Crippen molar-refractivity contribution in [3.63, 3.8) is 0 Å². The molecule has 1 atom stereocenters. The van der Waals surface area contributed by atoms with Gasteiger partial charge in [0.05, 0.1) is 22.9 Å². The van der Waals surface area contributed by atoms with Gasteiger partial charge in [0.2, 0.25) is 0 Å². The van der Waals surface area contributed by atoms with E-state index in [1.807, 2.05) is 6.26 Å². The van der Waals surface area contributed by atoms with Crippen LogP contribution in [-0.4, -0.2) is 22.3 Å². The van der Waals surface area contributed by atoms with Crippen LogP contribution in [0.3, 0.4) is 0 Å². The van der Waals surface area contributed by atoms with Gasteiger partial charge in [0.15, 0.2) is 0 Å². The number of carbonyl (C=O) groups is 1. The van der Waals surface area contributed by atoms with Crippen molar-refractivity contribution in [2.75, 3.05) is 6.26 Å². The number of rotatable bonds is 4. The molecule has 0 amide bonds. The molecule has 0 saturated carbocycles. The van der Waals surface area contributed by atoms with Crippen LogP contribution < -0.4 is 5.73 Å². The van der Waals surface area contributed by atoms with Crippen LogP contribution in [0.5, 0.6) is 0 Å². The Morgan fingerprint density at radius 1 is 1.92 bits per heavy atom. The Hall–Kier alpha value is -0.590. The van der Waals surface area contributed by atoms with Crippen LogP contribution in [0.4, 0.5) is 0 Å². The molecule has 0 radical (unpaired) electrons. The molecule has 4 nitrogen and oxygen atoms in total. The maximum Gasteiger partial charge on any atom is 0.305 e. The lowest BCUT2D eigenvalue weighted by Gasteiger charge is -2.02. The van der Waals surface area contributed by atoms with E-state index >= 15 is 0 Å². The van der Waals surface area contributed by atoms with Crippen molar-refractivity contribution in [2.24, 2.45) is 5.73 Å². The number of hydrogen-bond acceptors (Lipinski definition) is 5. The fourth-order valence-corrected chi connectivity index (χ4v) is 2.21. The maximum atomic E-state index is 10.4. The first-order valence-corrected chi connectivity index (χ1v) is 5.64. The number of aromatic nitrogens is 1. The topological polar surface area (TPSA) is 76.2 Å². The molecule has 0 bridgehead atoms. The van der Waals surface area contributed by atoms with E-state index in [-0.39, 0.29) is 6.42 Å². The highest BCUT2D eigenvalue weighted by Gasteiger charge is 2.14. The molecule has 0 saturated heterocycles. The summed E-state index contributed by atoms with van der Waals surface area (Å²) in [4.78, 5) is 14.4. The summed E-state index contributed by atoms with van der Waals surface area (Å²) in [5.41, 5.74) is 5.62. The zero-order valence-electron chi connectivity index (χ0n) is 7.06. The fourth-order valence-electron chi connectivity index (χ4n) is 0.813. The molecule has 1 heterocycles. The molecule has 6 heteroatoms. The summed E-state index contributed by atoms with van der Waals surface area (Å²) >= 11 is 3.03. The molecular weight excluding hydrogens is 208 g/mol. The van der Waals surface area contributed by atoms with Crippen LogP contribution in [0.1, 0.15) is 17.5 Å². The van der Waals surface area contributed by atoms with Gasteiger partial charge in [-0.05, 0) is 6.26 Å². The minimum absolute atomic E-state index is 0.0681. The van der Waals surface area contributed by atoms with E-state index in [0.29, 0.717) is 5.01 Å². The molecule has 0 aliphatic heterocycles. The molecule has 0 aromatic carbocycles. The first-order chi connectivity index (χ1) is 6.13. The van der Waals surface area contributed by atoms with Gasteiger partial charge in [-0.2, -0.15) is 0 Å². The van der Waals surface area contributed by atoms with Crippen molar-refractivity contribution in [2.45, 2.75) is 16.7 Å². The van der Waals surface area contributed by atoms with Crippen LogP contribution in [0.15, 0.2) is 10.4 Å². The number of nitrogens with zero attached hydrogens (tertiary/aromatic N) is 1. The zero-order valence-corrected chi connectivity index (χ0v) is 8.69. The molecule has 1 rings (SSSR count). The van der Waals surface area contributed by atoms with Crippen molar-refractivity contribution in [3.05, 3.63) is 11.2 Å². The predicted molar refractivity (Wildman–Crippen MR) is 53.1 cm³/mol. The van der Waals surface area contributed by atoms with Gasteiger partial charge in [0.25, 0.3) is 0 Å². The summed E-state index contributed by atoms with van der Waals surface area (Å²) in [6.45, 7) is 0. The minimum atomic E-state index is -0.895. The number of nitrogens with two attached hydrogens (primary N) is 1. The van der Waals surface area contributed by atoms with E-state index in [0.717, 1.165) is 4.21 Å². The first-order valence-electron chi connectivity index (χ1n) is 3.60. The number of hydrogen-bond donors (Lipinski definition) is 2.